The van der Waals surface area contributed by atoms with Gasteiger partial charge in [0.25, 0.3) is 0 Å². The van der Waals surface area contributed by atoms with Crippen LogP contribution >= 0.6 is 0 Å². The lowest BCUT2D eigenvalue weighted by Gasteiger charge is -2.34. The number of nitrogens with zero attached hydrogens (tertiary/aromatic N) is 2. The first-order chi connectivity index (χ1) is 11.4. The third-order valence-electron chi connectivity index (χ3n) is 4.18. The van der Waals surface area contributed by atoms with Crippen LogP contribution in [-0.4, -0.2) is 48.6 Å². The van der Waals surface area contributed by atoms with Crippen molar-refractivity contribution >= 4 is 11.7 Å². The highest BCUT2D eigenvalue weighted by atomic mass is 19.4. The van der Waals surface area contributed by atoms with E-state index >= 15 is 0 Å². The molecule has 1 aromatic carbocycles. The number of carbonyl (C=O) groups excluding carboxylic acids is 1. The van der Waals surface area contributed by atoms with E-state index in [9.17, 15) is 18.0 Å². The molecular formula is C17H24F3N3O. The molecule has 1 aliphatic heterocycles. The van der Waals surface area contributed by atoms with Gasteiger partial charge in [0.15, 0.2) is 0 Å². The van der Waals surface area contributed by atoms with E-state index in [2.05, 4.69) is 17.1 Å². The SMILES string of the molecule is CCCCCN1CCN(C(=O)Nc2cccc(C(F)(F)F)c2)CC1. The van der Waals surface area contributed by atoms with Crippen LogP contribution < -0.4 is 5.32 Å². The first-order valence-electron chi connectivity index (χ1n) is 8.35. The van der Waals surface area contributed by atoms with Crippen LogP contribution in [0.15, 0.2) is 24.3 Å². The summed E-state index contributed by atoms with van der Waals surface area (Å²) in [7, 11) is 0. The molecule has 1 heterocycles. The second-order valence-corrected chi connectivity index (χ2v) is 6.04. The second-order valence-electron chi connectivity index (χ2n) is 6.04. The Labute approximate surface area is 140 Å². The minimum Gasteiger partial charge on any atom is -0.322 e. The average molecular weight is 343 g/mol. The van der Waals surface area contributed by atoms with Gasteiger partial charge >= 0.3 is 12.2 Å². The number of urea groups is 1. The lowest BCUT2D eigenvalue weighted by Crippen LogP contribution is -2.50. The molecule has 1 aromatic rings. The number of rotatable bonds is 5. The van der Waals surface area contributed by atoms with E-state index in [-0.39, 0.29) is 11.7 Å². The molecule has 134 valence electrons. The van der Waals surface area contributed by atoms with Gasteiger partial charge in [0.1, 0.15) is 0 Å². The zero-order valence-electron chi connectivity index (χ0n) is 13.9. The fraction of sp³-hybridized carbons (Fsp3) is 0.588. The van der Waals surface area contributed by atoms with Crippen molar-refractivity contribution in [3.05, 3.63) is 29.8 Å². The number of amides is 2. The molecule has 2 amide bonds. The van der Waals surface area contributed by atoms with Crippen LogP contribution in [0, 0.1) is 0 Å². The molecule has 24 heavy (non-hydrogen) atoms. The van der Waals surface area contributed by atoms with Crippen molar-refractivity contribution in [2.24, 2.45) is 0 Å². The van der Waals surface area contributed by atoms with E-state index in [4.69, 9.17) is 0 Å². The summed E-state index contributed by atoms with van der Waals surface area (Å²) in [4.78, 5) is 16.2. The number of hydrogen-bond acceptors (Lipinski definition) is 2. The van der Waals surface area contributed by atoms with Crippen molar-refractivity contribution in [1.29, 1.82) is 0 Å². The zero-order chi connectivity index (χ0) is 17.6. The van der Waals surface area contributed by atoms with Crippen molar-refractivity contribution in [1.82, 2.24) is 9.80 Å². The van der Waals surface area contributed by atoms with Gasteiger partial charge in [0.05, 0.1) is 5.56 Å². The van der Waals surface area contributed by atoms with Gasteiger partial charge in [-0.05, 0) is 31.2 Å². The average Bonchev–Trinajstić information content (AvgIpc) is 2.55. The summed E-state index contributed by atoms with van der Waals surface area (Å²) in [6.07, 6.45) is -0.868. The fourth-order valence-electron chi connectivity index (χ4n) is 2.74. The van der Waals surface area contributed by atoms with Crippen molar-refractivity contribution < 1.29 is 18.0 Å². The van der Waals surface area contributed by atoms with Crippen molar-refractivity contribution in [3.63, 3.8) is 0 Å². The molecule has 7 heteroatoms. The summed E-state index contributed by atoms with van der Waals surface area (Å²) in [6.45, 7) is 6.00. The second kappa shape index (κ2) is 8.37. The lowest BCUT2D eigenvalue weighted by molar-refractivity contribution is -0.137. The molecule has 0 bridgehead atoms. The maximum Gasteiger partial charge on any atom is 0.416 e. The predicted molar refractivity (Wildman–Crippen MR) is 88.0 cm³/mol. The van der Waals surface area contributed by atoms with Gasteiger partial charge in [-0.3, -0.25) is 4.90 Å². The Hall–Kier alpha value is -1.76. The van der Waals surface area contributed by atoms with Crippen molar-refractivity contribution in [3.8, 4) is 0 Å². The Morgan fingerprint density at radius 3 is 2.50 bits per heavy atom. The number of unbranched alkanes of at least 4 members (excludes halogenated alkanes) is 2. The van der Waals surface area contributed by atoms with Gasteiger partial charge in [0.2, 0.25) is 0 Å². The normalized spacial score (nSPS) is 16.2. The molecule has 0 atom stereocenters. The van der Waals surface area contributed by atoms with Crippen LogP contribution in [0.5, 0.6) is 0 Å². The third-order valence-corrected chi connectivity index (χ3v) is 4.18. The molecule has 0 unspecified atom stereocenters. The van der Waals surface area contributed by atoms with Crippen LogP contribution in [0.4, 0.5) is 23.7 Å². The van der Waals surface area contributed by atoms with Crippen molar-refractivity contribution in [2.45, 2.75) is 32.4 Å². The van der Waals surface area contributed by atoms with E-state index < -0.39 is 11.7 Å². The van der Waals surface area contributed by atoms with Gasteiger partial charge in [-0.15, -0.1) is 0 Å². The summed E-state index contributed by atoms with van der Waals surface area (Å²) >= 11 is 0. The van der Waals surface area contributed by atoms with Gasteiger partial charge in [-0.2, -0.15) is 13.2 Å². The first-order valence-corrected chi connectivity index (χ1v) is 8.35. The highest BCUT2D eigenvalue weighted by Gasteiger charge is 2.30. The van der Waals surface area contributed by atoms with E-state index in [1.165, 1.54) is 25.0 Å². The molecule has 1 saturated heterocycles. The highest BCUT2D eigenvalue weighted by molar-refractivity contribution is 5.89. The summed E-state index contributed by atoms with van der Waals surface area (Å²) in [5.74, 6) is 0. The Morgan fingerprint density at radius 1 is 1.17 bits per heavy atom. The molecule has 4 nitrogen and oxygen atoms in total. The molecule has 2 rings (SSSR count). The Balaban J connectivity index is 1.84. The number of anilines is 1. The number of hydrogen-bond donors (Lipinski definition) is 1. The molecular weight excluding hydrogens is 319 g/mol. The quantitative estimate of drug-likeness (QED) is 0.819. The van der Waals surface area contributed by atoms with Gasteiger partial charge < -0.3 is 10.2 Å². The summed E-state index contributed by atoms with van der Waals surface area (Å²) in [5.41, 5.74) is -0.596. The van der Waals surface area contributed by atoms with E-state index in [1.54, 1.807) is 4.90 Å². The molecule has 0 saturated carbocycles. The maximum absolute atomic E-state index is 12.7. The van der Waals surface area contributed by atoms with Crippen LogP contribution in [0.2, 0.25) is 0 Å². The molecule has 1 aliphatic rings. The number of nitrogens with one attached hydrogen (secondary N) is 1. The molecule has 0 aliphatic carbocycles. The minimum atomic E-state index is -4.41. The smallest absolute Gasteiger partial charge is 0.322 e. The Kier molecular flexibility index (Phi) is 6.48. The van der Waals surface area contributed by atoms with Crippen LogP contribution in [0.3, 0.4) is 0 Å². The number of piperazine rings is 1. The number of carbonyl (C=O) groups is 1. The lowest BCUT2D eigenvalue weighted by atomic mass is 10.2. The third kappa shape index (κ3) is 5.40. The largest absolute Gasteiger partial charge is 0.416 e. The molecule has 0 radical (unpaired) electrons. The minimum absolute atomic E-state index is 0.167. The fourth-order valence-corrected chi connectivity index (χ4v) is 2.74. The summed E-state index contributed by atoms with van der Waals surface area (Å²) in [6, 6.07) is 4.37. The predicted octanol–water partition coefficient (Wildman–Crippen LogP) is 4.05. The first kappa shape index (κ1) is 18.6. The topological polar surface area (TPSA) is 35.6 Å². The number of benzene rings is 1. The monoisotopic (exact) mass is 343 g/mol. The van der Waals surface area contributed by atoms with Crippen LogP contribution in [-0.2, 0) is 6.18 Å². The summed E-state index contributed by atoms with van der Waals surface area (Å²) in [5, 5.41) is 2.56. The van der Waals surface area contributed by atoms with E-state index in [1.807, 2.05) is 0 Å². The molecule has 1 fully saturated rings. The number of halogens is 3. The van der Waals surface area contributed by atoms with Gasteiger partial charge in [-0.1, -0.05) is 25.8 Å². The van der Waals surface area contributed by atoms with E-state index in [0.29, 0.717) is 13.1 Å². The van der Waals surface area contributed by atoms with Crippen LogP contribution in [0.25, 0.3) is 0 Å². The van der Waals surface area contributed by atoms with E-state index in [0.717, 1.165) is 38.2 Å². The Morgan fingerprint density at radius 2 is 1.88 bits per heavy atom. The standard InChI is InChI=1S/C17H24F3N3O/c1-2-3-4-8-22-9-11-23(12-10-22)16(24)21-15-7-5-6-14(13-15)17(18,19)20/h5-7,13H,2-4,8-12H2,1H3,(H,21,24). The maximum atomic E-state index is 12.7. The summed E-state index contributed by atoms with van der Waals surface area (Å²) < 4.78 is 38.1. The van der Waals surface area contributed by atoms with Crippen LogP contribution in [0.1, 0.15) is 31.7 Å². The van der Waals surface area contributed by atoms with Crippen molar-refractivity contribution in [2.75, 3.05) is 38.0 Å². The molecule has 1 N–H and O–H groups in total. The van der Waals surface area contributed by atoms with Gasteiger partial charge in [0, 0.05) is 31.9 Å². The number of alkyl halides is 3. The highest BCUT2D eigenvalue weighted by Crippen LogP contribution is 2.30. The molecule has 0 spiro atoms. The Bertz CT molecular complexity index is 540. The van der Waals surface area contributed by atoms with Gasteiger partial charge in [-0.25, -0.2) is 4.79 Å². The zero-order valence-corrected chi connectivity index (χ0v) is 13.9. The molecule has 0 aromatic heterocycles.